The number of hydrogen-bond acceptors (Lipinski definition) is 2. The van der Waals surface area contributed by atoms with Gasteiger partial charge < -0.3 is 9.80 Å². The zero-order valence-corrected chi connectivity index (χ0v) is 20.3. The smallest absolute Gasteiger partial charge is 0.127 e. The molecule has 0 amide bonds. The molecule has 174 valence electrons. The van der Waals surface area contributed by atoms with Crippen molar-refractivity contribution in [1.29, 1.82) is 0 Å². The van der Waals surface area contributed by atoms with E-state index in [4.69, 9.17) is 0 Å². The summed E-state index contributed by atoms with van der Waals surface area (Å²) in [6.45, 7) is 4.38. The van der Waals surface area contributed by atoms with Crippen LogP contribution in [0.25, 0.3) is 0 Å². The summed E-state index contributed by atoms with van der Waals surface area (Å²) in [4.78, 5) is 5.01. The Bertz CT molecular complexity index is 740. The van der Waals surface area contributed by atoms with E-state index in [0.717, 1.165) is 13.1 Å². The molecule has 32 heavy (non-hydrogen) atoms. The third-order valence-electron chi connectivity index (χ3n) is 6.65. The van der Waals surface area contributed by atoms with Crippen LogP contribution in [0.2, 0.25) is 0 Å². The van der Waals surface area contributed by atoms with E-state index < -0.39 is 0 Å². The molecule has 0 fully saturated rings. The molecule has 0 N–H and O–H groups in total. The first-order valence-electron chi connectivity index (χ1n) is 13.2. The molecule has 0 aromatic heterocycles. The molecule has 2 aromatic carbocycles. The van der Waals surface area contributed by atoms with Gasteiger partial charge in [0.15, 0.2) is 0 Å². The molecule has 0 bridgehead atoms. The second kappa shape index (κ2) is 14.8. The lowest BCUT2D eigenvalue weighted by Crippen LogP contribution is -2.31. The Hall–Kier alpha value is -2.22. The molecule has 1 aliphatic rings. The average Bonchev–Trinajstić information content (AvgIpc) is 3.23. The summed E-state index contributed by atoms with van der Waals surface area (Å²) in [6, 6.07) is 21.8. The summed E-state index contributed by atoms with van der Waals surface area (Å²) in [7, 11) is 0. The van der Waals surface area contributed by atoms with Gasteiger partial charge in [-0.1, -0.05) is 138 Å². The van der Waals surface area contributed by atoms with Crippen molar-refractivity contribution >= 4 is 0 Å². The quantitative estimate of drug-likeness (QED) is 0.245. The average molecular weight is 433 g/mol. The molecule has 1 unspecified atom stereocenters. The van der Waals surface area contributed by atoms with Crippen molar-refractivity contribution in [2.75, 3.05) is 6.54 Å². The number of rotatable bonds is 16. The van der Waals surface area contributed by atoms with E-state index in [-0.39, 0.29) is 0 Å². The molecule has 0 aliphatic carbocycles. The molecule has 0 spiro atoms. The molecule has 1 heterocycles. The Labute approximate surface area is 197 Å². The minimum atomic E-state index is 0.309. The fourth-order valence-electron chi connectivity index (χ4n) is 4.80. The summed E-state index contributed by atoms with van der Waals surface area (Å²) in [5, 5.41) is 0. The second-order valence-electron chi connectivity index (χ2n) is 9.37. The summed E-state index contributed by atoms with van der Waals surface area (Å²) in [5.74, 6) is 0. The highest BCUT2D eigenvalue weighted by molar-refractivity contribution is 5.23. The third kappa shape index (κ3) is 8.37. The largest absolute Gasteiger partial charge is 0.352 e. The maximum Gasteiger partial charge on any atom is 0.127 e. The lowest BCUT2D eigenvalue weighted by molar-refractivity contribution is 0.146. The summed E-state index contributed by atoms with van der Waals surface area (Å²) < 4.78 is 0. The van der Waals surface area contributed by atoms with Crippen LogP contribution in [-0.2, 0) is 6.54 Å². The normalized spacial score (nSPS) is 15.6. The van der Waals surface area contributed by atoms with Gasteiger partial charge in [-0.3, -0.25) is 0 Å². The number of nitrogens with zero attached hydrogens (tertiary/aromatic N) is 2. The first-order chi connectivity index (χ1) is 15.9. The van der Waals surface area contributed by atoms with Gasteiger partial charge in [-0.15, -0.1) is 0 Å². The van der Waals surface area contributed by atoms with Crippen molar-refractivity contribution in [2.24, 2.45) is 0 Å². The van der Waals surface area contributed by atoms with E-state index in [2.05, 4.69) is 89.8 Å². The Kier molecular flexibility index (Phi) is 11.3. The van der Waals surface area contributed by atoms with E-state index in [1.54, 1.807) is 0 Å². The van der Waals surface area contributed by atoms with Crippen molar-refractivity contribution in [3.63, 3.8) is 0 Å². The zero-order valence-electron chi connectivity index (χ0n) is 20.3. The van der Waals surface area contributed by atoms with Crippen molar-refractivity contribution < 1.29 is 0 Å². The fourth-order valence-corrected chi connectivity index (χ4v) is 4.80. The van der Waals surface area contributed by atoms with Crippen molar-refractivity contribution in [3.8, 4) is 0 Å². The molecule has 3 rings (SSSR count). The molecule has 2 heteroatoms. The molecular weight excluding hydrogens is 388 g/mol. The standard InChI is InChI=1S/C30H44N2/c1-2-3-4-5-6-7-8-9-10-11-12-19-24-31-25-26-32(27-28-20-15-13-16-21-28)30(31)29-22-17-14-18-23-29/h13-18,20-23,25-26,30H,2-12,19,24,27H2,1H3. The van der Waals surface area contributed by atoms with Crippen molar-refractivity contribution in [3.05, 3.63) is 84.2 Å². The highest BCUT2D eigenvalue weighted by Gasteiger charge is 2.27. The summed E-state index contributed by atoms with van der Waals surface area (Å²) in [6.07, 6.45) is 21.7. The minimum Gasteiger partial charge on any atom is -0.352 e. The lowest BCUT2D eigenvalue weighted by Gasteiger charge is -2.33. The summed E-state index contributed by atoms with van der Waals surface area (Å²) in [5.41, 5.74) is 2.75. The second-order valence-corrected chi connectivity index (χ2v) is 9.37. The van der Waals surface area contributed by atoms with Crippen LogP contribution in [0.3, 0.4) is 0 Å². The summed E-state index contributed by atoms with van der Waals surface area (Å²) >= 11 is 0. The van der Waals surface area contributed by atoms with Crippen LogP contribution >= 0.6 is 0 Å². The van der Waals surface area contributed by atoms with Gasteiger partial charge in [-0.05, 0) is 17.5 Å². The van der Waals surface area contributed by atoms with Gasteiger partial charge in [0, 0.05) is 25.5 Å². The molecule has 0 saturated heterocycles. The molecule has 2 nitrogen and oxygen atoms in total. The molecule has 1 aliphatic heterocycles. The fraction of sp³-hybridized carbons (Fsp3) is 0.533. The van der Waals surface area contributed by atoms with Crippen LogP contribution in [-0.4, -0.2) is 16.3 Å². The zero-order chi connectivity index (χ0) is 22.3. The Balaban J connectivity index is 1.36. The number of benzene rings is 2. The topological polar surface area (TPSA) is 6.48 Å². The third-order valence-corrected chi connectivity index (χ3v) is 6.65. The van der Waals surface area contributed by atoms with Gasteiger partial charge in [-0.2, -0.15) is 0 Å². The Morgan fingerprint density at radius 3 is 1.66 bits per heavy atom. The first kappa shape index (κ1) is 24.4. The molecule has 0 radical (unpaired) electrons. The van der Waals surface area contributed by atoms with Gasteiger partial charge in [0.05, 0.1) is 0 Å². The van der Waals surface area contributed by atoms with Gasteiger partial charge >= 0.3 is 0 Å². The van der Waals surface area contributed by atoms with Gasteiger partial charge in [-0.25, -0.2) is 0 Å². The van der Waals surface area contributed by atoms with E-state index >= 15 is 0 Å². The van der Waals surface area contributed by atoms with Crippen LogP contribution in [0.5, 0.6) is 0 Å². The van der Waals surface area contributed by atoms with E-state index in [1.165, 1.54) is 88.2 Å². The predicted octanol–water partition coefficient (Wildman–Crippen LogP) is 8.68. The Morgan fingerprint density at radius 1 is 0.562 bits per heavy atom. The van der Waals surface area contributed by atoms with Crippen LogP contribution in [0.1, 0.15) is 101 Å². The lowest BCUT2D eigenvalue weighted by atomic mass is 10.1. The molecule has 1 atom stereocenters. The molecule has 0 saturated carbocycles. The van der Waals surface area contributed by atoms with E-state index in [1.807, 2.05) is 0 Å². The minimum absolute atomic E-state index is 0.309. The van der Waals surface area contributed by atoms with Crippen LogP contribution in [0.15, 0.2) is 73.1 Å². The maximum absolute atomic E-state index is 2.54. The van der Waals surface area contributed by atoms with Crippen LogP contribution in [0.4, 0.5) is 0 Å². The van der Waals surface area contributed by atoms with Gasteiger partial charge in [0.2, 0.25) is 0 Å². The van der Waals surface area contributed by atoms with Crippen molar-refractivity contribution in [1.82, 2.24) is 9.80 Å². The number of hydrogen-bond donors (Lipinski definition) is 0. The van der Waals surface area contributed by atoms with Crippen LogP contribution < -0.4 is 0 Å². The highest BCUT2D eigenvalue weighted by atomic mass is 15.4. The van der Waals surface area contributed by atoms with E-state index in [9.17, 15) is 0 Å². The first-order valence-corrected chi connectivity index (χ1v) is 13.2. The monoisotopic (exact) mass is 432 g/mol. The molecule has 2 aromatic rings. The Morgan fingerprint density at radius 2 is 1.06 bits per heavy atom. The SMILES string of the molecule is CCCCCCCCCCCCCCN1C=CN(Cc2ccccc2)C1c1ccccc1. The number of unbranched alkanes of at least 4 members (excludes halogenated alkanes) is 11. The van der Waals surface area contributed by atoms with Gasteiger partial charge in [0.25, 0.3) is 0 Å². The van der Waals surface area contributed by atoms with Crippen LogP contribution in [0, 0.1) is 0 Å². The van der Waals surface area contributed by atoms with Crippen molar-refractivity contribution in [2.45, 2.75) is 96.7 Å². The highest BCUT2D eigenvalue weighted by Crippen LogP contribution is 2.32. The van der Waals surface area contributed by atoms with Gasteiger partial charge in [0.1, 0.15) is 6.17 Å². The van der Waals surface area contributed by atoms with E-state index in [0.29, 0.717) is 6.17 Å². The predicted molar refractivity (Wildman–Crippen MR) is 138 cm³/mol. The maximum atomic E-state index is 2.54. The molecular formula is C30H44N2.